The molecule has 5 heteroatoms. The Hall–Kier alpha value is -2.43. The summed E-state index contributed by atoms with van der Waals surface area (Å²) in [6.07, 6.45) is 5.09. The first-order valence-corrected chi connectivity index (χ1v) is 5.17. The van der Waals surface area contributed by atoms with Crippen molar-refractivity contribution in [2.45, 2.75) is 0 Å². The van der Waals surface area contributed by atoms with E-state index < -0.39 is 0 Å². The maximum atomic E-state index is 5.25. The summed E-state index contributed by atoms with van der Waals surface area (Å²) in [6, 6.07) is 5.66. The van der Waals surface area contributed by atoms with Crippen molar-refractivity contribution in [3.63, 3.8) is 0 Å². The van der Waals surface area contributed by atoms with E-state index in [1.54, 1.807) is 25.7 Å². The molecule has 0 saturated heterocycles. The Morgan fingerprint density at radius 2 is 2.18 bits per heavy atom. The zero-order valence-electron chi connectivity index (χ0n) is 9.21. The number of pyridine rings is 2. The van der Waals surface area contributed by atoms with Gasteiger partial charge in [0.1, 0.15) is 11.6 Å². The highest BCUT2D eigenvalue weighted by atomic mass is 16.5. The van der Waals surface area contributed by atoms with Crippen LogP contribution in [-0.2, 0) is 0 Å². The van der Waals surface area contributed by atoms with E-state index >= 15 is 0 Å². The molecule has 3 aromatic heterocycles. The Morgan fingerprint density at radius 3 is 3.00 bits per heavy atom. The summed E-state index contributed by atoms with van der Waals surface area (Å²) >= 11 is 0. The monoisotopic (exact) mass is 226 g/mol. The number of imidazole rings is 1. The van der Waals surface area contributed by atoms with Crippen molar-refractivity contribution < 1.29 is 4.74 Å². The first-order chi connectivity index (χ1) is 8.38. The van der Waals surface area contributed by atoms with Crippen molar-refractivity contribution >= 4 is 11.2 Å². The van der Waals surface area contributed by atoms with Crippen LogP contribution in [0.2, 0.25) is 0 Å². The van der Waals surface area contributed by atoms with E-state index in [2.05, 4.69) is 19.9 Å². The second kappa shape index (κ2) is 3.86. The summed E-state index contributed by atoms with van der Waals surface area (Å²) in [5.74, 6) is 1.42. The molecule has 5 nitrogen and oxygen atoms in total. The molecule has 0 fully saturated rings. The van der Waals surface area contributed by atoms with Crippen molar-refractivity contribution in [3.05, 3.63) is 36.8 Å². The van der Waals surface area contributed by atoms with Gasteiger partial charge in [0.25, 0.3) is 0 Å². The molecule has 0 aliphatic rings. The SMILES string of the molecule is COc1cnccc1-c1nc2ncccc2[nH]1. The van der Waals surface area contributed by atoms with Crippen LogP contribution in [-0.4, -0.2) is 27.0 Å². The van der Waals surface area contributed by atoms with Crippen LogP contribution in [0.3, 0.4) is 0 Å². The minimum absolute atomic E-state index is 0.687. The molecule has 0 atom stereocenters. The number of hydrogen-bond acceptors (Lipinski definition) is 4. The fraction of sp³-hybridized carbons (Fsp3) is 0.0833. The van der Waals surface area contributed by atoms with Crippen LogP contribution < -0.4 is 4.74 Å². The molecule has 0 spiro atoms. The number of nitrogens with zero attached hydrogens (tertiary/aromatic N) is 3. The van der Waals surface area contributed by atoms with Crippen molar-refractivity contribution in [1.82, 2.24) is 19.9 Å². The second-order valence-corrected chi connectivity index (χ2v) is 3.54. The molecule has 0 unspecified atom stereocenters. The average Bonchev–Trinajstić information content (AvgIpc) is 2.82. The second-order valence-electron chi connectivity index (χ2n) is 3.54. The molecule has 84 valence electrons. The number of H-pyrrole nitrogens is 1. The number of ether oxygens (including phenoxy) is 1. The molecule has 0 aliphatic carbocycles. The summed E-state index contributed by atoms with van der Waals surface area (Å²) in [5.41, 5.74) is 2.48. The number of methoxy groups -OCH3 is 1. The number of nitrogens with one attached hydrogen (secondary N) is 1. The Kier molecular flexibility index (Phi) is 2.22. The van der Waals surface area contributed by atoms with Gasteiger partial charge in [-0.3, -0.25) is 4.98 Å². The van der Waals surface area contributed by atoms with Crippen molar-refractivity contribution in [2.75, 3.05) is 7.11 Å². The molecule has 0 amide bonds. The van der Waals surface area contributed by atoms with E-state index in [9.17, 15) is 0 Å². The number of aromatic amines is 1. The Labute approximate surface area is 97.5 Å². The normalized spacial score (nSPS) is 10.6. The fourth-order valence-corrected chi connectivity index (χ4v) is 1.71. The van der Waals surface area contributed by atoms with Gasteiger partial charge in [-0.25, -0.2) is 9.97 Å². The molecule has 17 heavy (non-hydrogen) atoms. The third-order valence-electron chi connectivity index (χ3n) is 2.52. The highest BCUT2D eigenvalue weighted by Crippen LogP contribution is 2.27. The van der Waals surface area contributed by atoms with Gasteiger partial charge in [-0.15, -0.1) is 0 Å². The van der Waals surface area contributed by atoms with Gasteiger partial charge in [0.05, 0.1) is 24.4 Å². The van der Waals surface area contributed by atoms with Gasteiger partial charge < -0.3 is 9.72 Å². The number of hydrogen-bond donors (Lipinski definition) is 1. The van der Waals surface area contributed by atoms with E-state index in [4.69, 9.17) is 4.74 Å². The van der Waals surface area contributed by atoms with Crippen LogP contribution in [0.25, 0.3) is 22.6 Å². The molecular weight excluding hydrogens is 216 g/mol. The predicted octanol–water partition coefficient (Wildman–Crippen LogP) is 2.03. The summed E-state index contributed by atoms with van der Waals surface area (Å²) in [6.45, 7) is 0. The summed E-state index contributed by atoms with van der Waals surface area (Å²) in [5, 5.41) is 0. The Balaban J connectivity index is 2.20. The lowest BCUT2D eigenvalue weighted by Crippen LogP contribution is -1.89. The van der Waals surface area contributed by atoms with Gasteiger partial charge in [0.2, 0.25) is 0 Å². The molecule has 0 bridgehead atoms. The lowest BCUT2D eigenvalue weighted by atomic mass is 10.2. The largest absolute Gasteiger partial charge is 0.494 e. The van der Waals surface area contributed by atoms with Gasteiger partial charge in [0, 0.05) is 12.4 Å². The Morgan fingerprint density at radius 1 is 1.24 bits per heavy atom. The van der Waals surface area contributed by atoms with Gasteiger partial charge in [-0.2, -0.15) is 0 Å². The molecule has 0 aromatic carbocycles. The molecular formula is C12H10N4O. The molecule has 1 N–H and O–H groups in total. The number of aromatic nitrogens is 4. The third-order valence-corrected chi connectivity index (χ3v) is 2.52. The van der Waals surface area contributed by atoms with Crippen molar-refractivity contribution in [2.24, 2.45) is 0 Å². The van der Waals surface area contributed by atoms with Crippen LogP contribution in [0.4, 0.5) is 0 Å². The highest BCUT2D eigenvalue weighted by Gasteiger charge is 2.10. The van der Waals surface area contributed by atoms with E-state index in [1.165, 1.54) is 0 Å². The van der Waals surface area contributed by atoms with Gasteiger partial charge in [0.15, 0.2) is 5.65 Å². The summed E-state index contributed by atoms with van der Waals surface area (Å²) < 4.78 is 5.25. The topological polar surface area (TPSA) is 63.7 Å². The summed E-state index contributed by atoms with van der Waals surface area (Å²) in [7, 11) is 1.61. The predicted molar refractivity (Wildman–Crippen MR) is 63.7 cm³/mol. The molecule has 0 saturated carbocycles. The lowest BCUT2D eigenvalue weighted by Gasteiger charge is -2.03. The molecule has 3 aromatic rings. The van der Waals surface area contributed by atoms with Crippen LogP contribution in [0.5, 0.6) is 5.75 Å². The average molecular weight is 226 g/mol. The van der Waals surface area contributed by atoms with Crippen LogP contribution in [0.1, 0.15) is 0 Å². The molecule has 0 aliphatic heterocycles. The molecule has 3 rings (SSSR count). The van der Waals surface area contributed by atoms with Crippen LogP contribution >= 0.6 is 0 Å². The van der Waals surface area contributed by atoms with E-state index in [-0.39, 0.29) is 0 Å². The zero-order chi connectivity index (χ0) is 11.7. The van der Waals surface area contributed by atoms with Crippen LogP contribution in [0, 0.1) is 0 Å². The fourth-order valence-electron chi connectivity index (χ4n) is 1.71. The summed E-state index contributed by atoms with van der Waals surface area (Å²) in [4.78, 5) is 15.8. The lowest BCUT2D eigenvalue weighted by molar-refractivity contribution is 0.414. The maximum Gasteiger partial charge on any atom is 0.178 e. The van der Waals surface area contributed by atoms with Crippen molar-refractivity contribution in [3.8, 4) is 17.1 Å². The highest BCUT2D eigenvalue weighted by molar-refractivity contribution is 5.77. The third kappa shape index (κ3) is 1.61. The standard InChI is InChI=1S/C12H10N4O/c1-17-10-7-13-6-4-8(10)11-15-9-3-2-5-14-12(9)16-11/h2-7H,1H3,(H,14,15,16). The quantitative estimate of drug-likeness (QED) is 0.726. The molecule has 3 heterocycles. The van der Waals surface area contributed by atoms with Gasteiger partial charge in [-0.1, -0.05) is 0 Å². The van der Waals surface area contributed by atoms with Crippen LogP contribution in [0.15, 0.2) is 36.8 Å². The van der Waals surface area contributed by atoms with E-state index in [0.717, 1.165) is 16.9 Å². The first-order valence-electron chi connectivity index (χ1n) is 5.17. The smallest absolute Gasteiger partial charge is 0.178 e. The maximum absolute atomic E-state index is 5.25. The minimum atomic E-state index is 0.687. The van der Waals surface area contributed by atoms with Crippen molar-refractivity contribution in [1.29, 1.82) is 0 Å². The van der Waals surface area contributed by atoms with Gasteiger partial charge in [-0.05, 0) is 18.2 Å². The van der Waals surface area contributed by atoms with E-state index in [0.29, 0.717) is 11.4 Å². The zero-order valence-corrected chi connectivity index (χ0v) is 9.21. The van der Waals surface area contributed by atoms with E-state index in [1.807, 2.05) is 18.2 Å². The first kappa shape index (κ1) is 9.77. The Bertz CT molecular complexity index is 629. The number of rotatable bonds is 2. The molecule has 0 radical (unpaired) electrons. The number of fused-ring (bicyclic) bond motifs is 1. The van der Waals surface area contributed by atoms with Gasteiger partial charge >= 0.3 is 0 Å². The minimum Gasteiger partial charge on any atom is -0.494 e.